The molecule has 0 unspecified atom stereocenters. The average Bonchev–Trinajstić information content (AvgIpc) is 2.54. The first-order chi connectivity index (χ1) is 12.3. The predicted molar refractivity (Wildman–Crippen MR) is 105 cm³/mol. The molecule has 0 aliphatic heterocycles. The van der Waals surface area contributed by atoms with Gasteiger partial charge in [-0.25, -0.2) is 0 Å². The lowest BCUT2D eigenvalue weighted by molar-refractivity contribution is -0.137. The summed E-state index contributed by atoms with van der Waals surface area (Å²) in [5.41, 5.74) is 1.34. The van der Waals surface area contributed by atoms with Crippen LogP contribution in [0.15, 0.2) is 36.4 Å². The molecule has 0 heterocycles. The fourth-order valence-electron chi connectivity index (χ4n) is 2.47. The van der Waals surface area contributed by atoms with Gasteiger partial charge in [-0.15, -0.1) is 0 Å². The van der Waals surface area contributed by atoms with E-state index in [1.807, 2.05) is 0 Å². The smallest absolute Gasteiger partial charge is 0.305 e. The minimum Gasteiger partial charge on any atom is -0.481 e. The molecule has 0 aliphatic rings. The van der Waals surface area contributed by atoms with E-state index >= 15 is 0 Å². The van der Waals surface area contributed by atoms with E-state index in [-0.39, 0.29) is 18.7 Å². The largest absolute Gasteiger partial charge is 0.481 e. The average molecular weight is 435 g/mol. The topological polar surface area (TPSA) is 66.4 Å². The number of aliphatic carboxylic acids is 1. The summed E-state index contributed by atoms with van der Waals surface area (Å²) in [5, 5.41) is 13.3. The molecule has 2 rings (SSSR count). The van der Waals surface area contributed by atoms with Crippen molar-refractivity contribution >= 4 is 58.3 Å². The van der Waals surface area contributed by atoms with Crippen LogP contribution in [0, 0.1) is 0 Å². The molecule has 4 nitrogen and oxygen atoms in total. The zero-order valence-corrected chi connectivity index (χ0v) is 16.5. The van der Waals surface area contributed by atoms with Crippen molar-refractivity contribution in [2.75, 3.05) is 0 Å². The van der Waals surface area contributed by atoms with Crippen molar-refractivity contribution in [2.24, 2.45) is 0 Å². The van der Waals surface area contributed by atoms with Crippen LogP contribution < -0.4 is 5.32 Å². The van der Waals surface area contributed by atoms with Crippen LogP contribution in [0.5, 0.6) is 0 Å². The number of carbonyl (C=O) groups excluding carboxylic acids is 1. The maximum absolute atomic E-state index is 12.3. The molecule has 1 amide bonds. The van der Waals surface area contributed by atoms with Gasteiger partial charge in [0.15, 0.2) is 0 Å². The molecule has 0 aromatic heterocycles. The maximum atomic E-state index is 12.3. The summed E-state index contributed by atoms with van der Waals surface area (Å²) in [6.45, 7) is 0. The number of carboxylic acid groups (broad SMARTS) is 1. The summed E-state index contributed by atoms with van der Waals surface area (Å²) in [6, 6.07) is 9.44. The molecule has 0 radical (unpaired) electrons. The van der Waals surface area contributed by atoms with E-state index in [4.69, 9.17) is 51.5 Å². The molecule has 0 bridgehead atoms. The van der Waals surface area contributed by atoms with Gasteiger partial charge in [-0.05, 0) is 35.7 Å². The highest BCUT2D eigenvalue weighted by molar-refractivity contribution is 6.42. The van der Waals surface area contributed by atoms with Crippen molar-refractivity contribution in [3.05, 3.63) is 67.6 Å². The third-order valence-corrected chi connectivity index (χ3v) is 5.23. The highest BCUT2D eigenvalue weighted by atomic mass is 35.5. The van der Waals surface area contributed by atoms with E-state index in [0.717, 1.165) is 5.56 Å². The van der Waals surface area contributed by atoms with Gasteiger partial charge in [0, 0.05) is 6.04 Å². The van der Waals surface area contributed by atoms with E-state index in [2.05, 4.69) is 5.32 Å². The first-order valence-corrected chi connectivity index (χ1v) is 9.15. The van der Waals surface area contributed by atoms with Gasteiger partial charge in [0.2, 0.25) is 5.91 Å². The molecule has 0 fully saturated rings. The van der Waals surface area contributed by atoms with Gasteiger partial charge >= 0.3 is 5.97 Å². The lowest BCUT2D eigenvalue weighted by Gasteiger charge is -2.18. The maximum Gasteiger partial charge on any atom is 0.305 e. The van der Waals surface area contributed by atoms with Crippen LogP contribution in [0.1, 0.15) is 17.5 Å². The third-order valence-electron chi connectivity index (χ3n) is 3.63. The minimum absolute atomic E-state index is 0.00309. The van der Waals surface area contributed by atoms with Crippen molar-refractivity contribution in [1.29, 1.82) is 0 Å². The van der Waals surface area contributed by atoms with E-state index in [1.165, 1.54) is 0 Å². The van der Waals surface area contributed by atoms with Crippen LogP contribution in [0.4, 0.5) is 0 Å². The monoisotopic (exact) mass is 433 g/mol. The van der Waals surface area contributed by atoms with Gasteiger partial charge in [-0.3, -0.25) is 9.59 Å². The van der Waals surface area contributed by atoms with Gasteiger partial charge in [0.1, 0.15) is 0 Å². The van der Waals surface area contributed by atoms with Crippen molar-refractivity contribution in [2.45, 2.75) is 25.3 Å². The van der Waals surface area contributed by atoms with Crippen LogP contribution >= 0.6 is 46.4 Å². The molecule has 0 saturated heterocycles. The first-order valence-electron chi connectivity index (χ1n) is 7.64. The zero-order valence-electron chi connectivity index (χ0n) is 13.4. The standard InChI is InChI=1S/C18H15Cl4NO3/c19-13-5-4-10(7-15(13)21)6-12(9-17(25)26)23-16(24)8-11-2-1-3-14(20)18(11)22/h1-5,7,12H,6,8-9H2,(H,23,24)(H,25,26)/t12-/m0/s1. The first kappa shape index (κ1) is 20.8. The molecule has 2 aromatic carbocycles. The molecule has 26 heavy (non-hydrogen) atoms. The molecule has 8 heteroatoms. The molecule has 0 saturated carbocycles. The summed E-state index contributed by atoms with van der Waals surface area (Å²) >= 11 is 23.9. The molecule has 138 valence electrons. The Morgan fingerprint density at radius 2 is 1.73 bits per heavy atom. The predicted octanol–water partition coefficient (Wildman–Crippen LogP) is 5.04. The van der Waals surface area contributed by atoms with Crippen molar-refractivity contribution in [1.82, 2.24) is 5.32 Å². The van der Waals surface area contributed by atoms with E-state index in [0.29, 0.717) is 32.1 Å². The number of halogens is 4. The second kappa shape index (κ2) is 9.47. The molecular formula is C18H15Cl4NO3. The molecule has 2 N–H and O–H groups in total. The SMILES string of the molecule is O=C(O)C[C@H](Cc1ccc(Cl)c(Cl)c1)NC(=O)Cc1cccc(Cl)c1Cl. The van der Waals surface area contributed by atoms with Crippen molar-refractivity contribution < 1.29 is 14.7 Å². The highest BCUT2D eigenvalue weighted by Crippen LogP contribution is 2.26. The number of carbonyl (C=O) groups is 2. The second-order valence-corrected chi connectivity index (χ2v) is 7.30. The molecule has 1 atom stereocenters. The van der Waals surface area contributed by atoms with Crippen LogP contribution in [-0.2, 0) is 22.4 Å². The van der Waals surface area contributed by atoms with Gasteiger partial charge in [-0.1, -0.05) is 64.6 Å². The molecular weight excluding hydrogens is 420 g/mol. The second-order valence-electron chi connectivity index (χ2n) is 5.70. The third kappa shape index (κ3) is 6.06. The van der Waals surface area contributed by atoms with Gasteiger partial charge < -0.3 is 10.4 Å². The van der Waals surface area contributed by atoms with Crippen molar-refractivity contribution in [3.8, 4) is 0 Å². The number of hydrogen-bond acceptors (Lipinski definition) is 2. The van der Waals surface area contributed by atoms with Crippen LogP contribution in [0.3, 0.4) is 0 Å². The summed E-state index contributed by atoms with van der Waals surface area (Å²) in [6.07, 6.45) is 0.0738. The zero-order chi connectivity index (χ0) is 19.3. The minimum atomic E-state index is -1.02. The molecule has 2 aromatic rings. The molecule has 0 aliphatic carbocycles. The Morgan fingerprint density at radius 1 is 1.00 bits per heavy atom. The summed E-state index contributed by atoms with van der Waals surface area (Å²) in [7, 11) is 0. The number of nitrogens with one attached hydrogen (secondary N) is 1. The highest BCUT2D eigenvalue weighted by Gasteiger charge is 2.18. The Kier molecular flexibility index (Phi) is 7.59. The lowest BCUT2D eigenvalue weighted by Crippen LogP contribution is -2.39. The Bertz CT molecular complexity index is 826. The number of rotatable bonds is 7. The summed E-state index contributed by atoms with van der Waals surface area (Å²) < 4.78 is 0. The number of benzene rings is 2. The number of amides is 1. The quantitative estimate of drug-likeness (QED) is 0.640. The molecule has 0 spiro atoms. The Hall–Kier alpha value is -1.46. The number of carboxylic acids is 1. The van der Waals surface area contributed by atoms with Gasteiger partial charge in [-0.2, -0.15) is 0 Å². The van der Waals surface area contributed by atoms with Gasteiger partial charge in [0.25, 0.3) is 0 Å². The summed E-state index contributed by atoms with van der Waals surface area (Å²) in [5.74, 6) is -1.36. The Morgan fingerprint density at radius 3 is 2.38 bits per heavy atom. The Balaban J connectivity index is 2.08. The van der Waals surface area contributed by atoms with E-state index in [9.17, 15) is 9.59 Å². The normalized spacial score (nSPS) is 11.8. The fourth-order valence-corrected chi connectivity index (χ4v) is 3.18. The summed E-state index contributed by atoms with van der Waals surface area (Å²) in [4.78, 5) is 23.4. The van der Waals surface area contributed by atoms with Crippen LogP contribution in [0.2, 0.25) is 20.1 Å². The van der Waals surface area contributed by atoms with Crippen molar-refractivity contribution in [3.63, 3.8) is 0 Å². The Labute approximate surface area is 171 Å². The van der Waals surface area contributed by atoms with Crippen LogP contribution in [-0.4, -0.2) is 23.0 Å². The van der Waals surface area contributed by atoms with Crippen LogP contribution in [0.25, 0.3) is 0 Å². The lowest BCUT2D eigenvalue weighted by atomic mass is 10.0. The van der Waals surface area contributed by atoms with E-state index < -0.39 is 12.0 Å². The van der Waals surface area contributed by atoms with E-state index in [1.54, 1.807) is 36.4 Å². The fraction of sp³-hybridized carbons (Fsp3) is 0.222. The number of hydrogen-bond donors (Lipinski definition) is 2. The van der Waals surface area contributed by atoms with Gasteiger partial charge in [0.05, 0.1) is 32.9 Å².